The third-order valence-electron chi connectivity index (χ3n) is 3.03. The van der Waals surface area contributed by atoms with E-state index in [0.717, 1.165) is 17.8 Å². The van der Waals surface area contributed by atoms with Gasteiger partial charge in [0.15, 0.2) is 0 Å². The molecule has 110 valence electrons. The van der Waals surface area contributed by atoms with Crippen LogP contribution in [0.1, 0.15) is 36.7 Å². The second kappa shape index (κ2) is 5.82. The number of hydrogen-bond acceptors (Lipinski definition) is 2. The Morgan fingerprint density at radius 2 is 1.95 bits per heavy atom. The molecular weight excluding hydrogens is 291 g/mol. The third kappa shape index (κ3) is 3.58. The number of amides is 1. The van der Waals surface area contributed by atoms with E-state index in [-0.39, 0.29) is 16.1 Å². The van der Waals surface area contributed by atoms with Crippen molar-refractivity contribution in [3.05, 3.63) is 58.6 Å². The second-order valence-electron chi connectivity index (χ2n) is 5.74. The second-order valence-corrected chi connectivity index (χ2v) is 6.10. The summed E-state index contributed by atoms with van der Waals surface area (Å²) in [6, 6.07) is 8.56. The van der Waals surface area contributed by atoms with Crippen LogP contribution in [0, 0.1) is 5.82 Å². The van der Waals surface area contributed by atoms with E-state index in [9.17, 15) is 9.18 Å². The SMILES string of the molecule is CC(C)(C)c1ccccc1NC(=O)c1cc(F)cnc1Cl. The zero-order valence-electron chi connectivity index (χ0n) is 12.1. The molecule has 1 amide bonds. The van der Waals surface area contributed by atoms with E-state index in [1.165, 1.54) is 0 Å². The van der Waals surface area contributed by atoms with Crippen molar-refractivity contribution in [1.82, 2.24) is 4.98 Å². The molecule has 0 aliphatic heterocycles. The van der Waals surface area contributed by atoms with Gasteiger partial charge in [0.1, 0.15) is 11.0 Å². The van der Waals surface area contributed by atoms with Crippen LogP contribution in [-0.2, 0) is 5.41 Å². The van der Waals surface area contributed by atoms with Gasteiger partial charge in [-0.1, -0.05) is 50.6 Å². The van der Waals surface area contributed by atoms with Gasteiger partial charge in [-0.3, -0.25) is 4.79 Å². The summed E-state index contributed by atoms with van der Waals surface area (Å²) in [5.41, 5.74) is 1.54. The Morgan fingerprint density at radius 3 is 2.62 bits per heavy atom. The Bertz CT molecular complexity index is 680. The van der Waals surface area contributed by atoms with Crippen molar-refractivity contribution < 1.29 is 9.18 Å². The summed E-state index contributed by atoms with van der Waals surface area (Å²) < 4.78 is 13.2. The van der Waals surface area contributed by atoms with E-state index >= 15 is 0 Å². The van der Waals surface area contributed by atoms with Gasteiger partial charge in [-0.05, 0) is 23.1 Å². The van der Waals surface area contributed by atoms with Crippen molar-refractivity contribution in [3.8, 4) is 0 Å². The van der Waals surface area contributed by atoms with Crippen LogP contribution >= 0.6 is 11.6 Å². The summed E-state index contributed by atoms with van der Waals surface area (Å²) in [6.45, 7) is 6.15. The molecule has 3 nitrogen and oxygen atoms in total. The van der Waals surface area contributed by atoms with Crippen LogP contribution in [0.25, 0.3) is 0 Å². The number of anilines is 1. The van der Waals surface area contributed by atoms with E-state index < -0.39 is 11.7 Å². The summed E-state index contributed by atoms with van der Waals surface area (Å²) >= 11 is 5.85. The number of hydrogen-bond donors (Lipinski definition) is 1. The van der Waals surface area contributed by atoms with Gasteiger partial charge in [-0.2, -0.15) is 0 Å². The molecule has 1 N–H and O–H groups in total. The van der Waals surface area contributed by atoms with Crippen LogP contribution in [0.2, 0.25) is 5.15 Å². The topological polar surface area (TPSA) is 42.0 Å². The first-order valence-corrected chi connectivity index (χ1v) is 6.89. The first-order valence-electron chi connectivity index (χ1n) is 6.51. The van der Waals surface area contributed by atoms with Gasteiger partial charge in [0, 0.05) is 5.69 Å². The molecule has 2 aromatic rings. The molecule has 0 radical (unpaired) electrons. The highest BCUT2D eigenvalue weighted by atomic mass is 35.5. The number of benzene rings is 1. The number of rotatable bonds is 2. The zero-order chi connectivity index (χ0) is 15.6. The molecule has 0 fully saturated rings. The molecule has 0 atom stereocenters. The highest BCUT2D eigenvalue weighted by molar-refractivity contribution is 6.33. The van der Waals surface area contributed by atoms with Crippen LogP contribution in [0.15, 0.2) is 36.5 Å². The molecule has 0 bridgehead atoms. The molecule has 0 spiro atoms. The Kier molecular flexibility index (Phi) is 4.28. The highest BCUT2D eigenvalue weighted by Gasteiger charge is 2.20. The minimum Gasteiger partial charge on any atom is -0.322 e. The molecule has 0 unspecified atom stereocenters. The Balaban J connectivity index is 2.35. The number of para-hydroxylation sites is 1. The number of pyridine rings is 1. The predicted octanol–water partition coefficient (Wildman–Crippen LogP) is 4.42. The van der Waals surface area contributed by atoms with Crippen molar-refractivity contribution in [2.75, 3.05) is 5.32 Å². The molecule has 0 saturated heterocycles. The Hall–Kier alpha value is -1.94. The maximum absolute atomic E-state index is 13.2. The molecule has 1 aromatic heterocycles. The maximum atomic E-state index is 13.2. The molecule has 21 heavy (non-hydrogen) atoms. The van der Waals surface area contributed by atoms with Gasteiger partial charge in [0.2, 0.25) is 0 Å². The van der Waals surface area contributed by atoms with Crippen LogP contribution in [0.3, 0.4) is 0 Å². The minimum atomic E-state index is -0.603. The Morgan fingerprint density at radius 1 is 1.29 bits per heavy atom. The van der Waals surface area contributed by atoms with Crippen molar-refractivity contribution in [1.29, 1.82) is 0 Å². The van der Waals surface area contributed by atoms with E-state index in [1.807, 2.05) is 18.2 Å². The zero-order valence-corrected chi connectivity index (χ0v) is 12.8. The molecule has 2 rings (SSSR count). The standard InChI is InChI=1S/C16H16ClFN2O/c1-16(2,3)12-6-4-5-7-13(12)20-15(21)11-8-10(18)9-19-14(11)17/h4-9H,1-3H3,(H,20,21). The predicted molar refractivity (Wildman–Crippen MR) is 82.3 cm³/mol. The fourth-order valence-corrected chi connectivity index (χ4v) is 2.21. The number of aromatic nitrogens is 1. The average Bonchev–Trinajstić information content (AvgIpc) is 2.41. The van der Waals surface area contributed by atoms with Gasteiger partial charge in [-0.15, -0.1) is 0 Å². The highest BCUT2D eigenvalue weighted by Crippen LogP contribution is 2.29. The van der Waals surface area contributed by atoms with Crippen molar-refractivity contribution in [3.63, 3.8) is 0 Å². The van der Waals surface area contributed by atoms with E-state index in [4.69, 9.17) is 11.6 Å². The summed E-state index contributed by atoms with van der Waals surface area (Å²) in [5, 5.41) is 2.75. The normalized spacial score (nSPS) is 11.3. The lowest BCUT2D eigenvalue weighted by Crippen LogP contribution is -2.19. The molecule has 5 heteroatoms. The summed E-state index contributed by atoms with van der Waals surface area (Å²) in [5.74, 6) is -1.09. The van der Waals surface area contributed by atoms with E-state index in [2.05, 4.69) is 31.1 Å². The maximum Gasteiger partial charge on any atom is 0.258 e. The number of carbonyl (C=O) groups is 1. The molecule has 1 aromatic carbocycles. The average molecular weight is 307 g/mol. The first-order chi connectivity index (χ1) is 9.79. The van der Waals surface area contributed by atoms with Crippen molar-refractivity contribution in [2.45, 2.75) is 26.2 Å². The van der Waals surface area contributed by atoms with E-state index in [1.54, 1.807) is 6.07 Å². The molecule has 0 aliphatic rings. The smallest absolute Gasteiger partial charge is 0.258 e. The molecular formula is C16H16ClFN2O. The lowest BCUT2D eigenvalue weighted by Gasteiger charge is -2.23. The lowest BCUT2D eigenvalue weighted by molar-refractivity contribution is 0.102. The Labute approximate surface area is 128 Å². The molecule has 0 aliphatic carbocycles. The van der Waals surface area contributed by atoms with Gasteiger partial charge >= 0.3 is 0 Å². The monoisotopic (exact) mass is 306 g/mol. The fourth-order valence-electron chi connectivity index (χ4n) is 2.02. The minimum absolute atomic E-state index is 0.0142. The van der Waals surface area contributed by atoms with Gasteiger partial charge < -0.3 is 5.32 Å². The summed E-state index contributed by atoms with van der Waals surface area (Å²) in [4.78, 5) is 15.9. The fraction of sp³-hybridized carbons (Fsp3) is 0.250. The molecule has 0 saturated carbocycles. The number of nitrogens with zero attached hydrogens (tertiary/aromatic N) is 1. The number of carbonyl (C=O) groups excluding carboxylic acids is 1. The van der Waals surface area contributed by atoms with Crippen molar-refractivity contribution >= 4 is 23.2 Å². The number of halogens is 2. The third-order valence-corrected chi connectivity index (χ3v) is 3.33. The van der Waals surface area contributed by atoms with Crippen LogP contribution in [0.4, 0.5) is 10.1 Å². The number of nitrogens with one attached hydrogen (secondary N) is 1. The largest absolute Gasteiger partial charge is 0.322 e. The van der Waals surface area contributed by atoms with Gasteiger partial charge in [0.05, 0.1) is 11.8 Å². The van der Waals surface area contributed by atoms with Crippen LogP contribution < -0.4 is 5.32 Å². The van der Waals surface area contributed by atoms with Gasteiger partial charge in [0.25, 0.3) is 5.91 Å². The lowest BCUT2D eigenvalue weighted by atomic mass is 9.86. The van der Waals surface area contributed by atoms with E-state index in [0.29, 0.717) is 5.69 Å². The summed E-state index contributed by atoms with van der Waals surface area (Å²) in [7, 11) is 0. The molecule has 1 heterocycles. The first kappa shape index (κ1) is 15.4. The van der Waals surface area contributed by atoms with Crippen LogP contribution in [-0.4, -0.2) is 10.9 Å². The summed E-state index contributed by atoms with van der Waals surface area (Å²) in [6.07, 6.45) is 0.974. The quantitative estimate of drug-likeness (QED) is 0.834. The van der Waals surface area contributed by atoms with Gasteiger partial charge in [-0.25, -0.2) is 9.37 Å². The van der Waals surface area contributed by atoms with Crippen LogP contribution in [0.5, 0.6) is 0 Å². The van der Waals surface area contributed by atoms with Crippen molar-refractivity contribution in [2.24, 2.45) is 0 Å².